The molecule has 3 aromatic carbocycles. The molecule has 0 saturated carbocycles. The van der Waals surface area contributed by atoms with Gasteiger partial charge < -0.3 is 14.1 Å². The van der Waals surface area contributed by atoms with Crippen LogP contribution in [0.4, 0.5) is 0 Å². The highest BCUT2D eigenvalue weighted by Gasteiger charge is 2.19. The Hall–Kier alpha value is -4.36. The molecular formula is C31H32N2O5. The van der Waals surface area contributed by atoms with Crippen LogP contribution in [0.15, 0.2) is 102 Å². The SMILES string of the molecule is [2H]C([2H])(c1ccccc1)N(Cc1ccccc1OCCCCCC(=O)NO)C(=O)c1ccc(-c2ccco2)cc1. The maximum atomic E-state index is 13.9. The highest BCUT2D eigenvalue weighted by Crippen LogP contribution is 2.24. The van der Waals surface area contributed by atoms with E-state index < -0.39 is 18.3 Å². The molecule has 0 aliphatic heterocycles. The fourth-order valence-corrected chi connectivity index (χ4v) is 3.95. The zero-order valence-corrected chi connectivity index (χ0v) is 21.0. The Labute approximate surface area is 225 Å². The molecular weight excluding hydrogens is 480 g/mol. The minimum atomic E-state index is -2.11. The van der Waals surface area contributed by atoms with Crippen LogP contribution in [0.1, 0.15) is 49.9 Å². The predicted molar refractivity (Wildman–Crippen MR) is 144 cm³/mol. The van der Waals surface area contributed by atoms with E-state index in [4.69, 9.17) is 17.1 Å². The lowest BCUT2D eigenvalue weighted by atomic mass is 10.1. The Balaban J connectivity index is 1.54. The van der Waals surface area contributed by atoms with Gasteiger partial charge in [-0.1, -0.05) is 60.7 Å². The Morgan fingerprint density at radius 2 is 1.66 bits per heavy atom. The number of carbonyl (C=O) groups is 2. The summed E-state index contributed by atoms with van der Waals surface area (Å²) in [4.78, 5) is 26.2. The molecule has 0 fully saturated rings. The van der Waals surface area contributed by atoms with Crippen LogP contribution in [0.25, 0.3) is 11.3 Å². The summed E-state index contributed by atoms with van der Waals surface area (Å²) in [6.07, 6.45) is 3.88. The molecule has 4 aromatic rings. The van der Waals surface area contributed by atoms with Gasteiger partial charge in [0.15, 0.2) is 0 Å². The van der Waals surface area contributed by atoms with Crippen LogP contribution in [0, 0.1) is 0 Å². The van der Waals surface area contributed by atoms with Gasteiger partial charge in [0.25, 0.3) is 5.91 Å². The van der Waals surface area contributed by atoms with Gasteiger partial charge in [-0.3, -0.25) is 14.8 Å². The summed E-state index contributed by atoms with van der Waals surface area (Å²) in [5.41, 5.74) is 3.82. The molecule has 2 N–H and O–H groups in total. The number of nitrogens with one attached hydrogen (secondary N) is 1. The van der Waals surface area contributed by atoms with Crippen molar-refractivity contribution >= 4 is 11.8 Å². The first-order valence-electron chi connectivity index (χ1n) is 13.5. The summed E-state index contributed by atoms with van der Waals surface area (Å²) in [6, 6.07) is 26.4. The fraction of sp³-hybridized carbons (Fsp3) is 0.226. The van der Waals surface area contributed by atoms with Crippen molar-refractivity contribution in [1.82, 2.24) is 10.4 Å². The van der Waals surface area contributed by atoms with Crippen molar-refractivity contribution in [2.24, 2.45) is 0 Å². The van der Waals surface area contributed by atoms with E-state index in [0.717, 1.165) is 12.0 Å². The van der Waals surface area contributed by atoms with Crippen LogP contribution >= 0.6 is 0 Å². The van der Waals surface area contributed by atoms with E-state index in [1.807, 2.05) is 24.3 Å². The molecule has 196 valence electrons. The third-order valence-corrected chi connectivity index (χ3v) is 5.95. The molecule has 0 unspecified atom stereocenters. The minimum absolute atomic E-state index is 0.0203. The number of amides is 2. The predicted octanol–water partition coefficient (Wildman–Crippen LogP) is 6.23. The third kappa shape index (κ3) is 7.57. The fourth-order valence-electron chi connectivity index (χ4n) is 3.95. The number of para-hydroxylation sites is 1. The number of carbonyl (C=O) groups excluding carboxylic acids is 2. The van der Waals surface area contributed by atoms with Crippen LogP contribution < -0.4 is 10.2 Å². The second kappa shape index (κ2) is 13.8. The number of unbranched alkanes of at least 4 members (excludes halogenated alkanes) is 2. The minimum Gasteiger partial charge on any atom is -0.493 e. The second-order valence-electron chi connectivity index (χ2n) is 8.73. The highest BCUT2D eigenvalue weighted by atomic mass is 16.5. The molecule has 38 heavy (non-hydrogen) atoms. The van der Waals surface area contributed by atoms with Gasteiger partial charge in [0.2, 0.25) is 5.91 Å². The van der Waals surface area contributed by atoms with Gasteiger partial charge >= 0.3 is 0 Å². The van der Waals surface area contributed by atoms with Crippen molar-refractivity contribution in [3.63, 3.8) is 0 Å². The molecule has 2 amide bonds. The molecule has 1 aromatic heterocycles. The van der Waals surface area contributed by atoms with Crippen molar-refractivity contribution in [2.75, 3.05) is 6.61 Å². The van der Waals surface area contributed by atoms with E-state index in [1.165, 1.54) is 4.90 Å². The summed E-state index contributed by atoms with van der Waals surface area (Å²) in [5, 5.41) is 8.60. The normalized spacial score (nSPS) is 11.8. The number of nitrogens with zero attached hydrogens (tertiary/aromatic N) is 1. The molecule has 0 saturated heterocycles. The van der Waals surface area contributed by atoms with Crippen molar-refractivity contribution in [2.45, 2.75) is 38.7 Å². The first-order chi connectivity index (χ1) is 19.4. The molecule has 0 spiro atoms. The lowest BCUT2D eigenvalue weighted by Gasteiger charge is -2.24. The quantitative estimate of drug-likeness (QED) is 0.125. The first kappa shape index (κ1) is 24.0. The summed E-state index contributed by atoms with van der Waals surface area (Å²) in [7, 11) is 0. The van der Waals surface area contributed by atoms with Crippen LogP contribution in [0.2, 0.25) is 0 Å². The lowest BCUT2D eigenvalue weighted by Crippen LogP contribution is -2.30. The van der Waals surface area contributed by atoms with Gasteiger partial charge in [0.05, 0.1) is 15.6 Å². The molecule has 1 heterocycles. The largest absolute Gasteiger partial charge is 0.493 e. The molecule has 0 aliphatic carbocycles. The Bertz CT molecular complexity index is 1380. The number of furan rings is 1. The van der Waals surface area contributed by atoms with Crippen LogP contribution in [-0.2, 0) is 17.8 Å². The maximum absolute atomic E-state index is 13.9. The smallest absolute Gasteiger partial charge is 0.254 e. The standard InChI is InChI=1S/C31H32N2O5/c34-30(32-36)15-5-2-8-20-37-29-13-7-6-12-27(29)23-33(22-24-10-3-1-4-11-24)31(35)26-18-16-25(17-19-26)28-14-9-21-38-28/h1,3-4,6-7,9-14,16-19,21,36H,2,5,8,15,20,22-23H2,(H,32,34)/i22D2. The summed E-state index contributed by atoms with van der Waals surface area (Å²) in [5.74, 6) is 0.361. The van der Waals surface area contributed by atoms with E-state index >= 15 is 0 Å². The van der Waals surface area contributed by atoms with Gasteiger partial charge in [0.1, 0.15) is 11.5 Å². The Kier molecular flexibility index (Phi) is 8.72. The molecule has 4 rings (SSSR count). The summed E-state index contributed by atoms with van der Waals surface area (Å²) in [6.45, 7) is -1.74. The maximum Gasteiger partial charge on any atom is 0.254 e. The van der Waals surface area contributed by atoms with E-state index in [9.17, 15) is 9.59 Å². The molecule has 7 nitrogen and oxygen atoms in total. The summed E-state index contributed by atoms with van der Waals surface area (Å²) < 4.78 is 29.5. The van der Waals surface area contributed by atoms with Crippen LogP contribution in [0.3, 0.4) is 0 Å². The molecule has 0 radical (unpaired) electrons. The molecule has 0 atom stereocenters. The topological polar surface area (TPSA) is 92.0 Å². The van der Waals surface area contributed by atoms with E-state index in [0.29, 0.717) is 47.6 Å². The number of hydroxylamine groups is 1. The third-order valence-electron chi connectivity index (χ3n) is 5.95. The van der Waals surface area contributed by atoms with E-state index in [2.05, 4.69) is 0 Å². The Morgan fingerprint density at radius 1 is 0.895 bits per heavy atom. The Morgan fingerprint density at radius 3 is 2.39 bits per heavy atom. The van der Waals surface area contributed by atoms with Crippen LogP contribution in [-0.4, -0.2) is 28.5 Å². The number of hydrogen-bond acceptors (Lipinski definition) is 5. The first-order valence-corrected chi connectivity index (χ1v) is 12.5. The van der Waals surface area contributed by atoms with Gasteiger partial charge in [0, 0.05) is 36.2 Å². The second-order valence-corrected chi connectivity index (χ2v) is 8.73. The zero-order valence-electron chi connectivity index (χ0n) is 23.0. The highest BCUT2D eigenvalue weighted by molar-refractivity contribution is 5.94. The molecule has 0 bridgehead atoms. The van der Waals surface area contributed by atoms with E-state index in [-0.39, 0.29) is 13.0 Å². The number of hydrogen-bond donors (Lipinski definition) is 2. The van der Waals surface area contributed by atoms with E-state index in [1.54, 1.807) is 78.5 Å². The number of rotatable bonds is 13. The average Bonchev–Trinajstić information content (AvgIpc) is 3.53. The monoisotopic (exact) mass is 514 g/mol. The van der Waals surface area contributed by atoms with Gasteiger partial charge in [-0.05, 0) is 55.2 Å². The molecule has 0 aliphatic rings. The lowest BCUT2D eigenvalue weighted by molar-refractivity contribution is -0.129. The van der Waals surface area contributed by atoms with Gasteiger partial charge in [-0.2, -0.15) is 0 Å². The number of ether oxygens (including phenoxy) is 1. The van der Waals surface area contributed by atoms with Crippen molar-refractivity contribution in [1.29, 1.82) is 0 Å². The average molecular weight is 515 g/mol. The van der Waals surface area contributed by atoms with Crippen molar-refractivity contribution < 1.29 is 26.7 Å². The van der Waals surface area contributed by atoms with Crippen LogP contribution in [0.5, 0.6) is 5.75 Å². The van der Waals surface area contributed by atoms with Crippen molar-refractivity contribution in [3.05, 3.63) is 114 Å². The van der Waals surface area contributed by atoms with Crippen molar-refractivity contribution in [3.8, 4) is 17.1 Å². The van der Waals surface area contributed by atoms with Gasteiger partial charge in [-0.15, -0.1) is 0 Å². The molecule has 7 heteroatoms. The zero-order chi connectivity index (χ0) is 28.4. The summed E-state index contributed by atoms with van der Waals surface area (Å²) >= 11 is 0. The van der Waals surface area contributed by atoms with Gasteiger partial charge in [-0.25, -0.2) is 5.48 Å². The number of benzene rings is 3.